The van der Waals surface area contributed by atoms with E-state index >= 15 is 0 Å². The molecule has 1 aromatic heterocycles. The minimum Gasteiger partial charge on any atom is -0.331 e. The average molecular weight is 424 g/mol. The van der Waals surface area contributed by atoms with Crippen molar-refractivity contribution >= 4 is 73.7 Å². The summed E-state index contributed by atoms with van der Waals surface area (Å²) in [5.41, 5.74) is 2.20. The summed E-state index contributed by atoms with van der Waals surface area (Å²) in [6.07, 6.45) is 1.15. The maximum absolute atomic E-state index is 11.8. The van der Waals surface area contributed by atoms with E-state index in [0.29, 0.717) is 22.2 Å². The van der Waals surface area contributed by atoms with Gasteiger partial charge in [0.25, 0.3) is 0 Å². The van der Waals surface area contributed by atoms with Crippen molar-refractivity contribution in [3.8, 4) is 10.6 Å². The fourth-order valence-corrected chi connectivity index (χ4v) is 4.16. The fourth-order valence-electron chi connectivity index (χ4n) is 2.42. The topological polar surface area (TPSA) is 54.0 Å². The zero-order valence-corrected chi connectivity index (χ0v) is 17.0. The normalized spacial score (nSPS) is 10.7. The van der Waals surface area contributed by atoms with Crippen molar-refractivity contribution in [2.45, 2.75) is 19.8 Å². The number of para-hydroxylation sites is 1. The second-order valence-corrected chi connectivity index (χ2v) is 7.83. The van der Waals surface area contributed by atoms with Crippen molar-refractivity contribution in [2.24, 2.45) is 0 Å². The molecule has 0 aliphatic carbocycles. The maximum Gasteiger partial charge on any atom is 0.226 e. The molecule has 8 heteroatoms. The Hall–Kier alpha value is -1.73. The minimum atomic E-state index is -0.142. The van der Waals surface area contributed by atoms with Crippen LogP contribution in [0.4, 0.5) is 5.69 Å². The maximum atomic E-state index is 11.8. The molecule has 0 unspecified atom stereocenters. The lowest BCUT2D eigenvalue weighted by Crippen LogP contribution is -2.34. The largest absolute Gasteiger partial charge is 0.331 e. The third kappa shape index (κ3) is 4.32. The predicted molar refractivity (Wildman–Crippen MR) is 114 cm³/mol. The van der Waals surface area contributed by atoms with E-state index in [1.165, 1.54) is 11.3 Å². The Morgan fingerprint density at radius 3 is 2.77 bits per heavy atom. The van der Waals surface area contributed by atoms with Gasteiger partial charge in [-0.3, -0.25) is 4.79 Å². The van der Waals surface area contributed by atoms with Gasteiger partial charge in [0, 0.05) is 17.0 Å². The lowest BCUT2D eigenvalue weighted by atomic mass is 10.2. The summed E-state index contributed by atoms with van der Waals surface area (Å²) in [4.78, 5) is 16.4. The average Bonchev–Trinajstić information content (AvgIpc) is 3.01. The first-order chi connectivity index (χ1) is 12.5. The van der Waals surface area contributed by atoms with Crippen molar-refractivity contribution in [2.75, 3.05) is 5.32 Å². The highest BCUT2D eigenvalue weighted by Gasteiger charge is 2.16. The lowest BCUT2D eigenvalue weighted by molar-refractivity contribution is -0.119. The minimum absolute atomic E-state index is 0.142. The predicted octanol–water partition coefficient (Wildman–Crippen LogP) is 5.88. The molecule has 2 aromatic carbocycles. The van der Waals surface area contributed by atoms with Crippen molar-refractivity contribution in [1.82, 2.24) is 10.3 Å². The number of halogens is 2. The Bertz CT molecular complexity index is 955. The molecule has 3 rings (SSSR count). The van der Waals surface area contributed by atoms with Gasteiger partial charge in [-0.15, -0.1) is 11.3 Å². The number of fused-ring (bicyclic) bond motifs is 1. The molecular weight excluding hydrogens is 409 g/mol. The molecule has 134 valence electrons. The number of thiazole rings is 1. The van der Waals surface area contributed by atoms with Gasteiger partial charge in [-0.1, -0.05) is 42.3 Å². The zero-order valence-electron chi connectivity index (χ0n) is 13.8. The molecule has 0 aliphatic heterocycles. The van der Waals surface area contributed by atoms with Gasteiger partial charge in [0.1, 0.15) is 5.01 Å². The van der Waals surface area contributed by atoms with E-state index < -0.39 is 0 Å². The van der Waals surface area contributed by atoms with E-state index in [-0.39, 0.29) is 11.0 Å². The lowest BCUT2D eigenvalue weighted by Gasteiger charge is -2.14. The summed E-state index contributed by atoms with van der Waals surface area (Å²) in [6.45, 7) is 1.93. The van der Waals surface area contributed by atoms with E-state index in [1.54, 1.807) is 12.1 Å². The van der Waals surface area contributed by atoms with E-state index in [1.807, 2.05) is 31.2 Å². The van der Waals surface area contributed by atoms with Gasteiger partial charge in [-0.25, -0.2) is 4.98 Å². The summed E-state index contributed by atoms with van der Waals surface area (Å²) in [7, 11) is 0. The van der Waals surface area contributed by atoms with Crippen molar-refractivity contribution in [3.63, 3.8) is 0 Å². The Morgan fingerprint density at radius 1 is 1.27 bits per heavy atom. The Balaban J connectivity index is 1.97. The third-order valence-electron chi connectivity index (χ3n) is 3.55. The van der Waals surface area contributed by atoms with Crippen molar-refractivity contribution < 1.29 is 4.79 Å². The summed E-state index contributed by atoms with van der Waals surface area (Å²) >= 11 is 19.4. The smallest absolute Gasteiger partial charge is 0.226 e. The van der Waals surface area contributed by atoms with Crippen LogP contribution in [0.1, 0.15) is 19.8 Å². The number of amides is 1. The number of rotatable bonds is 4. The number of thiocarbonyl (C=S) groups is 1. The first-order valence-electron chi connectivity index (χ1n) is 7.93. The molecule has 1 heterocycles. The first kappa shape index (κ1) is 19.0. The monoisotopic (exact) mass is 423 g/mol. The van der Waals surface area contributed by atoms with Crippen LogP contribution in [0.5, 0.6) is 0 Å². The number of benzene rings is 2. The molecule has 0 radical (unpaired) electrons. The molecule has 0 saturated heterocycles. The molecule has 3 aromatic rings. The number of nitrogens with one attached hydrogen (secondary N) is 2. The number of hydrogen-bond donors (Lipinski definition) is 2. The van der Waals surface area contributed by atoms with Crippen LogP contribution in [0, 0.1) is 0 Å². The highest BCUT2D eigenvalue weighted by Crippen LogP contribution is 2.40. The summed E-state index contributed by atoms with van der Waals surface area (Å²) in [5.74, 6) is -0.142. The van der Waals surface area contributed by atoms with Gasteiger partial charge in [-0.2, -0.15) is 0 Å². The van der Waals surface area contributed by atoms with Crippen LogP contribution in [0.25, 0.3) is 20.8 Å². The second-order valence-electron chi connectivity index (χ2n) is 5.55. The molecule has 0 fully saturated rings. The van der Waals surface area contributed by atoms with Crippen LogP contribution in [-0.4, -0.2) is 16.0 Å². The van der Waals surface area contributed by atoms with Crippen LogP contribution in [0.15, 0.2) is 36.4 Å². The van der Waals surface area contributed by atoms with Gasteiger partial charge in [0.05, 0.1) is 20.9 Å². The van der Waals surface area contributed by atoms with Crippen LogP contribution < -0.4 is 10.6 Å². The van der Waals surface area contributed by atoms with Gasteiger partial charge in [0.2, 0.25) is 5.91 Å². The molecule has 26 heavy (non-hydrogen) atoms. The molecule has 0 bridgehead atoms. The Kier molecular flexibility index (Phi) is 6.09. The van der Waals surface area contributed by atoms with Crippen LogP contribution in [-0.2, 0) is 4.79 Å². The van der Waals surface area contributed by atoms with Gasteiger partial charge in [0.15, 0.2) is 5.11 Å². The fraction of sp³-hybridized carbons (Fsp3) is 0.167. The van der Waals surface area contributed by atoms with Gasteiger partial charge >= 0.3 is 0 Å². The number of hydrogen-bond acceptors (Lipinski definition) is 4. The molecule has 0 atom stereocenters. The molecule has 4 nitrogen and oxygen atoms in total. The number of carbonyl (C=O) groups excluding carboxylic acids is 1. The number of carbonyl (C=O) groups is 1. The Morgan fingerprint density at radius 2 is 2.04 bits per heavy atom. The highest BCUT2D eigenvalue weighted by atomic mass is 35.5. The molecule has 0 saturated carbocycles. The number of aromatic nitrogens is 1. The van der Waals surface area contributed by atoms with Crippen LogP contribution >= 0.6 is 46.8 Å². The second kappa shape index (κ2) is 8.31. The first-order valence-corrected chi connectivity index (χ1v) is 9.92. The number of anilines is 1. The standard InChI is InChI=1S/C18H15Cl2N3OS2/c1-2-5-15(24)22-18(25)23-16-11(8-10(19)9-12(16)20)17-21-13-6-3-4-7-14(13)26-17/h3-4,6-9H,2,5H2,1H3,(H2,22,23,24,25). The molecule has 0 spiro atoms. The van der Waals surface area contributed by atoms with Crippen LogP contribution in [0.2, 0.25) is 10.0 Å². The van der Waals surface area contributed by atoms with E-state index in [2.05, 4.69) is 15.6 Å². The van der Waals surface area contributed by atoms with Crippen molar-refractivity contribution in [1.29, 1.82) is 0 Å². The van der Waals surface area contributed by atoms with E-state index in [0.717, 1.165) is 27.2 Å². The number of nitrogens with zero attached hydrogens (tertiary/aromatic N) is 1. The highest BCUT2D eigenvalue weighted by molar-refractivity contribution is 7.80. The molecule has 1 amide bonds. The van der Waals surface area contributed by atoms with Crippen LogP contribution in [0.3, 0.4) is 0 Å². The Labute approximate surface area is 170 Å². The van der Waals surface area contributed by atoms with Gasteiger partial charge in [-0.05, 0) is 42.9 Å². The molecule has 0 aliphatic rings. The van der Waals surface area contributed by atoms with E-state index in [4.69, 9.17) is 35.4 Å². The third-order valence-corrected chi connectivity index (χ3v) is 5.34. The molecular formula is C18H15Cl2N3OS2. The summed E-state index contributed by atoms with van der Waals surface area (Å²) in [5, 5.41) is 7.52. The van der Waals surface area contributed by atoms with Crippen molar-refractivity contribution in [3.05, 3.63) is 46.4 Å². The van der Waals surface area contributed by atoms with Gasteiger partial charge < -0.3 is 10.6 Å². The SMILES string of the molecule is CCCC(=O)NC(=S)Nc1c(Cl)cc(Cl)cc1-c1nc2ccccc2s1. The quantitative estimate of drug-likeness (QED) is 0.514. The zero-order chi connectivity index (χ0) is 18.7. The molecule has 2 N–H and O–H groups in total. The summed E-state index contributed by atoms with van der Waals surface area (Å²) in [6, 6.07) is 11.3. The van der Waals surface area contributed by atoms with E-state index in [9.17, 15) is 4.79 Å². The summed E-state index contributed by atoms with van der Waals surface area (Å²) < 4.78 is 1.06.